The van der Waals surface area contributed by atoms with Crippen molar-refractivity contribution in [3.05, 3.63) is 75.1 Å². The lowest BCUT2D eigenvalue weighted by Gasteiger charge is -2.26. The van der Waals surface area contributed by atoms with Crippen LogP contribution in [0.4, 0.5) is 0 Å². The van der Waals surface area contributed by atoms with E-state index in [1.807, 2.05) is 19.1 Å². The molecule has 1 unspecified atom stereocenters. The van der Waals surface area contributed by atoms with Crippen LogP contribution >= 0.6 is 0 Å². The standard InChI is InChI=1S/C20H19NO3/c1-13-3-5-15(6-4-13)10-21-11-17-18(23-12-21)8-7-16-14(2)9-19(22)24-20(16)17/h3-9H,10-12H2,1-2H3/p+1. The maximum atomic E-state index is 11.8. The average Bonchev–Trinajstić information content (AvgIpc) is 2.57. The van der Waals surface area contributed by atoms with Gasteiger partial charge in [-0.2, -0.15) is 0 Å². The average molecular weight is 322 g/mol. The Bertz CT molecular complexity index is 957. The van der Waals surface area contributed by atoms with Crippen molar-refractivity contribution in [2.45, 2.75) is 26.9 Å². The first-order valence-corrected chi connectivity index (χ1v) is 8.18. The van der Waals surface area contributed by atoms with Gasteiger partial charge in [-0.1, -0.05) is 29.8 Å². The van der Waals surface area contributed by atoms with E-state index in [0.717, 1.165) is 35.4 Å². The number of rotatable bonds is 2. The molecule has 122 valence electrons. The highest BCUT2D eigenvalue weighted by molar-refractivity contribution is 5.84. The van der Waals surface area contributed by atoms with Gasteiger partial charge >= 0.3 is 5.63 Å². The van der Waals surface area contributed by atoms with Gasteiger partial charge in [-0.15, -0.1) is 0 Å². The summed E-state index contributed by atoms with van der Waals surface area (Å²) in [6, 6.07) is 14.1. The molecule has 3 aromatic rings. The Morgan fingerprint density at radius 1 is 1.08 bits per heavy atom. The predicted octanol–water partition coefficient (Wildman–Crippen LogP) is 2.34. The van der Waals surface area contributed by atoms with E-state index in [9.17, 15) is 4.79 Å². The van der Waals surface area contributed by atoms with Crippen molar-refractivity contribution in [2.24, 2.45) is 0 Å². The molecule has 0 fully saturated rings. The number of benzene rings is 2. The van der Waals surface area contributed by atoms with Gasteiger partial charge in [0.15, 0.2) is 5.58 Å². The minimum absolute atomic E-state index is 0.306. The maximum absolute atomic E-state index is 11.8. The number of nitrogens with one attached hydrogen (secondary N) is 1. The van der Waals surface area contributed by atoms with Gasteiger partial charge in [0.05, 0.1) is 5.56 Å². The number of fused-ring (bicyclic) bond motifs is 3. The highest BCUT2D eigenvalue weighted by atomic mass is 16.5. The van der Waals surface area contributed by atoms with Crippen LogP contribution in [0.1, 0.15) is 22.3 Å². The van der Waals surface area contributed by atoms with Gasteiger partial charge in [0.1, 0.15) is 18.8 Å². The van der Waals surface area contributed by atoms with Crippen molar-refractivity contribution in [2.75, 3.05) is 6.73 Å². The first-order valence-electron chi connectivity index (χ1n) is 8.18. The molecule has 0 amide bonds. The fourth-order valence-electron chi connectivity index (χ4n) is 3.31. The molecule has 2 heterocycles. The predicted molar refractivity (Wildman–Crippen MR) is 92.3 cm³/mol. The van der Waals surface area contributed by atoms with Crippen LogP contribution in [0, 0.1) is 13.8 Å². The second-order valence-electron chi connectivity index (χ2n) is 6.55. The zero-order valence-corrected chi connectivity index (χ0v) is 13.9. The van der Waals surface area contributed by atoms with Crippen molar-refractivity contribution in [3.63, 3.8) is 0 Å². The van der Waals surface area contributed by atoms with Crippen molar-refractivity contribution in [1.29, 1.82) is 0 Å². The van der Waals surface area contributed by atoms with E-state index >= 15 is 0 Å². The Morgan fingerprint density at radius 2 is 1.88 bits per heavy atom. The second-order valence-corrected chi connectivity index (χ2v) is 6.55. The van der Waals surface area contributed by atoms with Gasteiger partial charge < -0.3 is 9.15 Å². The third-order valence-electron chi connectivity index (χ3n) is 4.61. The molecular formula is C20H20NO3+. The maximum Gasteiger partial charge on any atom is 0.336 e. The van der Waals surface area contributed by atoms with E-state index in [4.69, 9.17) is 9.15 Å². The van der Waals surface area contributed by atoms with E-state index in [0.29, 0.717) is 12.3 Å². The SMILES string of the molecule is Cc1ccc(C[NH+]2COc3ccc4c(C)cc(=O)oc4c3C2)cc1. The molecular weight excluding hydrogens is 302 g/mol. The van der Waals surface area contributed by atoms with Crippen LogP contribution in [0.3, 0.4) is 0 Å². The Balaban J connectivity index is 1.69. The highest BCUT2D eigenvalue weighted by Crippen LogP contribution is 2.29. The van der Waals surface area contributed by atoms with E-state index < -0.39 is 0 Å². The summed E-state index contributed by atoms with van der Waals surface area (Å²) in [7, 11) is 0. The zero-order chi connectivity index (χ0) is 16.7. The molecule has 0 aliphatic carbocycles. The molecule has 4 heteroatoms. The summed E-state index contributed by atoms with van der Waals surface area (Å²) < 4.78 is 11.4. The van der Waals surface area contributed by atoms with Gasteiger partial charge in [-0.3, -0.25) is 4.90 Å². The number of hydrogen-bond acceptors (Lipinski definition) is 3. The summed E-state index contributed by atoms with van der Waals surface area (Å²) in [6.45, 7) is 6.31. The molecule has 1 aliphatic rings. The molecule has 1 N–H and O–H groups in total. The molecule has 1 aliphatic heterocycles. The minimum atomic E-state index is -0.306. The Morgan fingerprint density at radius 3 is 2.67 bits per heavy atom. The van der Waals surface area contributed by atoms with E-state index in [1.165, 1.54) is 22.1 Å². The number of quaternary nitrogens is 1. The second kappa shape index (κ2) is 5.80. The normalized spacial score (nSPS) is 16.7. The summed E-state index contributed by atoms with van der Waals surface area (Å²) in [5.41, 5.74) is 4.83. The van der Waals surface area contributed by atoms with E-state index in [2.05, 4.69) is 31.2 Å². The van der Waals surface area contributed by atoms with Crippen molar-refractivity contribution >= 4 is 11.0 Å². The fourth-order valence-corrected chi connectivity index (χ4v) is 3.31. The summed E-state index contributed by atoms with van der Waals surface area (Å²) in [4.78, 5) is 13.1. The lowest BCUT2D eigenvalue weighted by Crippen LogP contribution is -3.10. The summed E-state index contributed by atoms with van der Waals surface area (Å²) >= 11 is 0. The molecule has 4 nitrogen and oxygen atoms in total. The Hall–Kier alpha value is -2.59. The smallest absolute Gasteiger partial charge is 0.336 e. The monoisotopic (exact) mass is 322 g/mol. The van der Waals surface area contributed by atoms with Crippen LogP contribution < -0.4 is 15.3 Å². The number of aryl methyl sites for hydroxylation is 2. The van der Waals surface area contributed by atoms with Gasteiger partial charge in [0.25, 0.3) is 0 Å². The van der Waals surface area contributed by atoms with Crippen molar-refractivity contribution in [3.8, 4) is 5.75 Å². The zero-order valence-electron chi connectivity index (χ0n) is 13.9. The fraction of sp³-hybridized carbons (Fsp3) is 0.250. The molecule has 4 rings (SSSR count). The van der Waals surface area contributed by atoms with E-state index in [1.54, 1.807) is 0 Å². The molecule has 0 spiro atoms. The number of ether oxygens (including phenoxy) is 1. The van der Waals surface area contributed by atoms with Crippen molar-refractivity contribution in [1.82, 2.24) is 0 Å². The highest BCUT2D eigenvalue weighted by Gasteiger charge is 2.24. The lowest BCUT2D eigenvalue weighted by atomic mass is 10.0. The molecule has 1 aromatic heterocycles. The van der Waals surface area contributed by atoms with Crippen LogP contribution in [0.15, 0.2) is 51.7 Å². The minimum Gasteiger partial charge on any atom is -0.445 e. The summed E-state index contributed by atoms with van der Waals surface area (Å²) in [5, 5.41) is 0.980. The summed E-state index contributed by atoms with van der Waals surface area (Å²) in [6.07, 6.45) is 0. The molecule has 0 bridgehead atoms. The molecule has 0 radical (unpaired) electrons. The first-order chi connectivity index (χ1) is 11.6. The third-order valence-corrected chi connectivity index (χ3v) is 4.61. The Labute approximate surface area is 140 Å². The van der Waals surface area contributed by atoms with E-state index in [-0.39, 0.29) is 5.63 Å². The molecule has 24 heavy (non-hydrogen) atoms. The van der Waals surface area contributed by atoms with Crippen molar-refractivity contribution < 1.29 is 14.1 Å². The molecule has 0 saturated heterocycles. The van der Waals surface area contributed by atoms with Crippen LogP contribution in [0.25, 0.3) is 11.0 Å². The van der Waals surface area contributed by atoms with Crippen LogP contribution in [-0.2, 0) is 13.1 Å². The molecule has 2 aromatic carbocycles. The van der Waals surface area contributed by atoms with Gasteiger partial charge in [-0.05, 0) is 31.5 Å². The largest absolute Gasteiger partial charge is 0.445 e. The summed E-state index contributed by atoms with van der Waals surface area (Å²) in [5.74, 6) is 0.823. The van der Waals surface area contributed by atoms with Crippen LogP contribution in [0.2, 0.25) is 0 Å². The van der Waals surface area contributed by atoms with Crippen LogP contribution in [0.5, 0.6) is 5.75 Å². The first kappa shape index (κ1) is 15.0. The topological polar surface area (TPSA) is 43.9 Å². The molecule has 1 atom stereocenters. The van der Waals surface area contributed by atoms with Crippen LogP contribution in [-0.4, -0.2) is 6.73 Å². The Kier molecular flexibility index (Phi) is 3.62. The number of hydrogen-bond donors (Lipinski definition) is 1. The van der Waals surface area contributed by atoms with Gasteiger partial charge in [-0.25, -0.2) is 4.79 Å². The van der Waals surface area contributed by atoms with Gasteiger partial charge in [0.2, 0.25) is 6.73 Å². The quantitative estimate of drug-likeness (QED) is 0.737. The lowest BCUT2D eigenvalue weighted by molar-refractivity contribution is -0.945. The molecule has 0 saturated carbocycles. The third kappa shape index (κ3) is 2.69. The van der Waals surface area contributed by atoms with Gasteiger partial charge in [0, 0.05) is 17.0 Å².